The van der Waals surface area contributed by atoms with Crippen molar-refractivity contribution in [1.29, 1.82) is 0 Å². The molecule has 0 saturated carbocycles. The number of nitrogens with zero attached hydrogens (tertiary/aromatic N) is 2. The van der Waals surface area contributed by atoms with Crippen LogP contribution in [-0.4, -0.2) is 15.7 Å². The number of hydrogen-bond donors (Lipinski definition) is 1. The van der Waals surface area contributed by atoms with Gasteiger partial charge in [-0.3, -0.25) is 9.59 Å². The van der Waals surface area contributed by atoms with Crippen molar-refractivity contribution in [2.45, 2.75) is 19.4 Å². The van der Waals surface area contributed by atoms with Crippen LogP contribution in [0.15, 0.2) is 63.2 Å². The van der Waals surface area contributed by atoms with Crippen LogP contribution < -0.4 is 10.9 Å². The van der Waals surface area contributed by atoms with E-state index in [9.17, 15) is 9.59 Å². The van der Waals surface area contributed by atoms with Gasteiger partial charge in [0.15, 0.2) is 0 Å². The maximum Gasteiger partial charge on any atom is 0.266 e. The van der Waals surface area contributed by atoms with Gasteiger partial charge in [-0.1, -0.05) is 28.1 Å². The lowest BCUT2D eigenvalue weighted by atomic mass is 10.2. The summed E-state index contributed by atoms with van der Waals surface area (Å²) in [5, 5.41) is 9.20. The third-order valence-electron chi connectivity index (χ3n) is 3.52. The van der Waals surface area contributed by atoms with Crippen LogP contribution in [0.4, 0.5) is 5.69 Å². The number of thiophene rings is 1. The van der Waals surface area contributed by atoms with E-state index in [2.05, 4.69) is 26.3 Å². The molecule has 0 spiro atoms. The van der Waals surface area contributed by atoms with E-state index in [0.29, 0.717) is 19.4 Å². The number of aryl methyl sites for hydroxylation is 1. The van der Waals surface area contributed by atoms with Crippen LogP contribution in [-0.2, 0) is 11.3 Å². The molecule has 3 aromatic rings. The molecule has 128 valence electrons. The smallest absolute Gasteiger partial charge is 0.266 e. The molecule has 0 aliphatic heterocycles. The first kappa shape index (κ1) is 17.6. The van der Waals surface area contributed by atoms with Crippen molar-refractivity contribution in [2.24, 2.45) is 0 Å². The van der Waals surface area contributed by atoms with Crippen LogP contribution >= 0.6 is 27.3 Å². The molecule has 5 nitrogen and oxygen atoms in total. The SMILES string of the molecule is O=C(CCCn1nc(-c2cccs2)ccc1=O)Nc1cccc(Br)c1. The number of aromatic nitrogens is 2. The summed E-state index contributed by atoms with van der Waals surface area (Å²) >= 11 is 4.95. The van der Waals surface area contributed by atoms with Crippen molar-refractivity contribution in [3.8, 4) is 10.6 Å². The Labute approximate surface area is 157 Å². The number of amides is 1. The molecule has 25 heavy (non-hydrogen) atoms. The highest BCUT2D eigenvalue weighted by molar-refractivity contribution is 9.10. The lowest BCUT2D eigenvalue weighted by Crippen LogP contribution is -2.23. The highest BCUT2D eigenvalue weighted by atomic mass is 79.9. The summed E-state index contributed by atoms with van der Waals surface area (Å²) in [4.78, 5) is 25.0. The Kier molecular flexibility index (Phi) is 5.78. The van der Waals surface area contributed by atoms with Crippen molar-refractivity contribution >= 4 is 38.9 Å². The molecule has 0 aliphatic rings. The van der Waals surface area contributed by atoms with Gasteiger partial charge >= 0.3 is 0 Å². The molecule has 0 radical (unpaired) electrons. The Balaban J connectivity index is 1.57. The number of benzene rings is 1. The zero-order valence-corrected chi connectivity index (χ0v) is 15.7. The van der Waals surface area contributed by atoms with Crippen molar-refractivity contribution in [2.75, 3.05) is 5.32 Å². The number of hydrogen-bond acceptors (Lipinski definition) is 4. The van der Waals surface area contributed by atoms with Gasteiger partial charge in [-0.2, -0.15) is 5.10 Å². The second-order valence-corrected chi connectivity index (χ2v) is 7.28. The number of rotatable bonds is 6. The first-order valence-electron chi connectivity index (χ1n) is 7.79. The summed E-state index contributed by atoms with van der Waals surface area (Å²) in [5.41, 5.74) is 1.36. The van der Waals surface area contributed by atoms with Crippen LogP contribution in [0.2, 0.25) is 0 Å². The largest absolute Gasteiger partial charge is 0.326 e. The lowest BCUT2D eigenvalue weighted by Gasteiger charge is -2.07. The second-order valence-electron chi connectivity index (χ2n) is 5.42. The van der Waals surface area contributed by atoms with E-state index in [-0.39, 0.29) is 11.5 Å². The average Bonchev–Trinajstić information content (AvgIpc) is 3.11. The number of halogens is 1. The van der Waals surface area contributed by atoms with Gasteiger partial charge in [-0.15, -0.1) is 11.3 Å². The quantitative estimate of drug-likeness (QED) is 0.654. The predicted octanol–water partition coefficient (Wildman–Crippen LogP) is 4.15. The Morgan fingerprint density at radius 2 is 2.08 bits per heavy atom. The zero-order chi connectivity index (χ0) is 17.6. The first-order valence-corrected chi connectivity index (χ1v) is 9.46. The molecule has 0 fully saturated rings. The van der Waals surface area contributed by atoms with Gasteiger partial charge in [0.2, 0.25) is 5.91 Å². The van der Waals surface area contributed by atoms with Gasteiger partial charge in [0.05, 0.1) is 4.88 Å². The molecule has 2 aromatic heterocycles. The number of anilines is 1. The Bertz CT molecular complexity index is 922. The molecule has 1 N–H and O–H groups in total. The maximum atomic E-state index is 12.0. The molecule has 3 rings (SSSR count). The molecule has 1 aromatic carbocycles. The molecule has 0 aliphatic carbocycles. The average molecular weight is 418 g/mol. The fourth-order valence-corrected chi connectivity index (χ4v) is 3.43. The van der Waals surface area contributed by atoms with Crippen LogP contribution in [0.1, 0.15) is 12.8 Å². The van der Waals surface area contributed by atoms with Crippen molar-refractivity contribution in [1.82, 2.24) is 9.78 Å². The fraction of sp³-hybridized carbons (Fsp3) is 0.167. The van der Waals surface area contributed by atoms with Crippen LogP contribution in [0.3, 0.4) is 0 Å². The topological polar surface area (TPSA) is 64.0 Å². The van der Waals surface area contributed by atoms with E-state index in [0.717, 1.165) is 20.7 Å². The second kappa shape index (κ2) is 8.22. The summed E-state index contributed by atoms with van der Waals surface area (Å²) in [5.74, 6) is -0.0828. The maximum absolute atomic E-state index is 12.0. The van der Waals surface area contributed by atoms with E-state index in [1.54, 1.807) is 17.4 Å². The molecule has 0 atom stereocenters. The minimum atomic E-state index is -0.160. The summed E-state index contributed by atoms with van der Waals surface area (Å²) in [7, 11) is 0. The summed E-state index contributed by atoms with van der Waals surface area (Å²) < 4.78 is 2.33. The van der Waals surface area contributed by atoms with Crippen molar-refractivity contribution in [3.05, 3.63) is 68.7 Å². The van der Waals surface area contributed by atoms with Gasteiger partial charge in [0, 0.05) is 29.2 Å². The highest BCUT2D eigenvalue weighted by Gasteiger charge is 2.06. The van der Waals surface area contributed by atoms with Crippen molar-refractivity contribution < 1.29 is 4.79 Å². The fourth-order valence-electron chi connectivity index (χ4n) is 2.34. The van der Waals surface area contributed by atoms with Gasteiger partial charge in [0.1, 0.15) is 5.69 Å². The predicted molar refractivity (Wildman–Crippen MR) is 104 cm³/mol. The zero-order valence-electron chi connectivity index (χ0n) is 13.3. The van der Waals surface area contributed by atoms with Crippen LogP contribution in [0.5, 0.6) is 0 Å². The lowest BCUT2D eigenvalue weighted by molar-refractivity contribution is -0.116. The van der Waals surface area contributed by atoms with Crippen LogP contribution in [0.25, 0.3) is 10.6 Å². The molecule has 0 bridgehead atoms. The van der Waals surface area contributed by atoms with Crippen LogP contribution in [0, 0.1) is 0 Å². The molecule has 0 unspecified atom stereocenters. The Hall–Kier alpha value is -2.25. The number of carbonyl (C=O) groups excluding carboxylic acids is 1. The first-order chi connectivity index (χ1) is 12.1. The molecule has 0 saturated heterocycles. The minimum Gasteiger partial charge on any atom is -0.326 e. The summed E-state index contributed by atoms with van der Waals surface area (Å²) in [6.07, 6.45) is 0.866. The highest BCUT2D eigenvalue weighted by Crippen LogP contribution is 2.21. The Morgan fingerprint density at radius 3 is 2.84 bits per heavy atom. The normalized spacial score (nSPS) is 10.6. The van der Waals surface area contributed by atoms with Gasteiger partial charge in [-0.25, -0.2) is 4.68 Å². The minimum absolute atomic E-state index is 0.0828. The number of carbonyl (C=O) groups is 1. The monoisotopic (exact) mass is 417 g/mol. The standard InChI is InChI=1S/C18H16BrN3O2S/c19-13-4-1-5-14(12-13)20-17(23)7-2-10-22-18(24)9-8-15(21-22)16-6-3-11-25-16/h1,3-6,8-9,11-12H,2,7,10H2,(H,20,23). The molecular formula is C18H16BrN3O2S. The summed E-state index contributed by atoms with van der Waals surface area (Å²) in [6, 6.07) is 14.6. The van der Waals surface area contributed by atoms with E-state index < -0.39 is 0 Å². The molecular weight excluding hydrogens is 402 g/mol. The van der Waals surface area contributed by atoms with E-state index >= 15 is 0 Å². The summed E-state index contributed by atoms with van der Waals surface area (Å²) in [6.45, 7) is 0.407. The third-order valence-corrected chi connectivity index (χ3v) is 4.91. The van der Waals surface area contributed by atoms with Gasteiger partial charge in [-0.05, 0) is 42.1 Å². The van der Waals surface area contributed by atoms with Gasteiger partial charge < -0.3 is 5.32 Å². The van der Waals surface area contributed by atoms with Crippen molar-refractivity contribution in [3.63, 3.8) is 0 Å². The molecule has 7 heteroatoms. The van der Waals surface area contributed by atoms with Gasteiger partial charge in [0.25, 0.3) is 5.56 Å². The Morgan fingerprint density at radius 1 is 1.20 bits per heavy atom. The third kappa shape index (κ3) is 4.87. The molecule has 1 amide bonds. The van der Waals surface area contributed by atoms with E-state index in [4.69, 9.17) is 0 Å². The number of nitrogens with one attached hydrogen (secondary N) is 1. The van der Waals surface area contributed by atoms with E-state index in [1.807, 2.05) is 41.8 Å². The molecule has 2 heterocycles. The van der Waals surface area contributed by atoms with E-state index in [1.165, 1.54) is 10.7 Å².